The van der Waals surface area contributed by atoms with E-state index in [2.05, 4.69) is 26.0 Å². The van der Waals surface area contributed by atoms with Crippen LogP contribution in [0.5, 0.6) is 5.75 Å². The van der Waals surface area contributed by atoms with Crippen molar-refractivity contribution >= 4 is 0 Å². The molecule has 2 aromatic rings. The zero-order valence-corrected chi connectivity index (χ0v) is 13.5. The third-order valence-corrected chi connectivity index (χ3v) is 4.07. The van der Waals surface area contributed by atoms with Crippen molar-refractivity contribution in [2.75, 3.05) is 13.7 Å². The van der Waals surface area contributed by atoms with Crippen LogP contribution in [0.25, 0.3) is 0 Å². The van der Waals surface area contributed by atoms with Crippen molar-refractivity contribution in [2.45, 2.75) is 32.1 Å². The van der Waals surface area contributed by atoms with Crippen LogP contribution in [-0.2, 0) is 6.42 Å². The van der Waals surface area contributed by atoms with Crippen molar-refractivity contribution in [1.82, 2.24) is 0 Å². The standard InChI is InChI=1S/C19H24FNO/c1-13(2)14-8-9-19(22-3)17(11-14)16(12-21)10-15-6-4-5-7-18(15)20/h4-9,11,13,16H,10,12,21H2,1-3H3. The van der Waals surface area contributed by atoms with Crippen LogP contribution in [0.4, 0.5) is 4.39 Å². The summed E-state index contributed by atoms with van der Waals surface area (Å²) in [5.41, 5.74) is 8.96. The minimum Gasteiger partial charge on any atom is -0.496 e. The number of ether oxygens (including phenoxy) is 1. The summed E-state index contributed by atoms with van der Waals surface area (Å²) in [4.78, 5) is 0. The Hall–Kier alpha value is -1.87. The van der Waals surface area contributed by atoms with Gasteiger partial charge in [0.2, 0.25) is 0 Å². The molecule has 1 unspecified atom stereocenters. The second kappa shape index (κ2) is 7.41. The summed E-state index contributed by atoms with van der Waals surface area (Å²) in [7, 11) is 1.66. The van der Waals surface area contributed by atoms with E-state index in [1.807, 2.05) is 18.2 Å². The number of hydrogen-bond acceptors (Lipinski definition) is 2. The van der Waals surface area contributed by atoms with E-state index >= 15 is 0 Å². The molecule has 0 aliphatic rings. The zero-order chi connectivity index (χ0) is 16.1. The third kappa shape index (κ3) is 3.66. The fourth-order valence-electron chi connectivity index (χ4n) is 2.68. The van der Waals surface area contributed by atoms with Crippen molar-refractivity contribution in [1.29, 1.82) is 0 Å². The fourth-order valence-corrected chi connectivity index (χ4v) is 2.68. The van der Waals surface area contributed by atoms with Crippen LogP contribution in [-0.4, -0.2) is 13.7 Å². The largest absolute Gasteiger partial charge is 0.496 e. The van der Waals surface area contributed by atoms with E-state index in [9.17, 15) is 4.39 Å². The number of benzene rings is 2. The maximum Gasteiger partial charge on any atom is 0.126 e. The van der Waals surface area contributed by atoms with Crippen molar-refractivity contribution in [2.24, 2.45) is 5.73 Å². The molecule has 0 saturated carbocycles. The van der Waals surface area contributed by atoms with Gasteiger partial charge in [0.25, 0.3) is 0 Å². The summed E-state index contributed by atoms with van der Waals surface area (Å²) in [5.74, 6) is 1.10. The normalized spacial score (nSPS) is 12.5. The lowest BCUT2D eigenvalue weighted by Crippen LogP contribution is -2.17. The zero-order valence-electron chi connectivity index (χ0n) is 13.5. The number of hydrogen-bond donors (Lipinski definition) is 1. The van der Waals surface area contributed by atoms with Crippen molar-refractivity contribution < 1.29 is 9.13 Å². The van der Waals surface area contributed by atoms with Gasteiger partial charge in [-0.15, -0.1) is 0 Å². The Balaban J connectivity index is 2.37. The Morgan fingerprint density at radius 3 is 2.45 bits per heavy atom. The van der Waals surface area contributed by atoms with E-state index in [1.54, 1.807) is 13.2 Å². The van der Waals surface area contributed by atoms with E-state index in [-0.39, 0.29) is 11.7 Å². The first-order valence-electron chi connectivity index (χ1n) is 7.68. The number of rotatable bonds is 6. The Labute approximate surface area is 132 Å². The van der Waals surface area contributed by atoms with Crippen LogP contribution in [0.3, 0.4) is 0 Å². The molecular weight excluding hydrogens is 277 g/mol. The van der Waals surface area contributed by atoms with Crippen molar-refractivity contribution in [3.8, 4) is 5.75 Å². The number of nitrogens with two attached hydrogens (primary N) is 1. The molecule has 3 heteroatoms. The van der Waals surface area contributed by atoms with E-state index < -0.39 is 0 Å². The van der Waals surface area contributed by atoms with Crippen LogP contribution >= 0.6 is 0 Å². The molecule has 2 aromatic carbocycles. The molecule has 1 atom stereocenters. The molecule has 0 amide bonds. The molecule has 0 spiro atoms. The highest BCUT2D eigenvalue weighted by Crippen LogP contribution is 2.32. The monoisotopic (exact) mass is 301 g/mol. The SMILES string of the molecule is COc1ccc(C(C)C)cc1C(CN)Cc1ccccc1F. The molecule has 0 aliphatic carbocycles. The molecule has 2 N–H and O–H groups in total. The van der Waals surface area contributed by atoms with Gasteiger partial charge >= 0.3 is 0 Å². The van der Waals surface area contributed by atoms with E-state index in [4.69, 9.17) is 10.5 Å². The summed E-state index contributed by atoms with van der Waals surface area (Å²) in [6.07, 6.45) is 0.571. The Bertz CT molecular complexity index is 625. The topological polar surface area (TPSA) is 35.2 Å². The molecular formula is C19H24FNO. The van der Waals surface area contributed by atoms with Gasteiger partial charge < -0.3 is 10.5 Å². The summed E-state index contributed by atoms with van der Waals surface area (Å²) in [6.45, 7) is 4.76. The van der Waals surface area contributed by atoms with Gasteiger partial charge in [-0.1, -0.05) is 44.2 Å². The average Bonchev–Trinajstić information content (AvgIpc) is 2.53. The smallest absolute Gasteiger partial charge is 0.126 e. The van der Waals surface area contributed by atoms with Crippen LogP contribution in [0.1, 0.15) is 42.4 Å². The van der Waals surface area contributed by atoms with Gasteiger partial charge in [-0.2, -0.15) is 0 Å². The lowest BCUT2D eigenvalue weighted by molar-refractivity contribution is 0.404. The van der Waals surface area contributed by atoms with Crippen molar-refractivity contribution in [3.63, 3.8) is 0 Å². The highest BCUT2D eigenvalue weighted by atomic mass is 19.1. The van der Waals surface area contributed by atoms with Gasteiger partial charge in [0.15, 0.2) is 0 Å². The van der Waals surface area contributed by atoms with E-state index in [1.165, 1.54) is 11.6 Å². The molecule has 2 rings (SSSR count). The van der Waals surface area contributed by atoms with Gasteiger partial charge in [-0.3, -0.25) is 0 Å². The summed E-state index contributed by atoms with van der Waals surface area (Å²) >= 11 is 0. The van der Waals surface area contributed by atoms with Crippen molar-refractivity contribution in [3.05, 3.63) is 65.0 Å². The molecule has 2 nitrogen and oxygen atoms in total. The lowest BCUT2D eigenvalue weighted by atomic mass is 9.88. The fraction of sp³-hybridized carbons (Fsp3) is 0.368. The van der Waals surface area contributed by atoms with Gasteiger partial charge in [0.1, 0.15) is 11.6 Å². The maximum atomic E-state index is 13.9. The van der Waals surface area contributed by atoms with Gasteiger partial charge in [0, 0.05) is 5.92 Å². The molecule has 0 bridgehead atoms. The average molecular weight is 301 g/mol. The molecule has 118 valence electrons. The Morgan fingerprint density at radius 1 is 1.14 bits per heavy atom. The second-order valence-electron chi connectivity index (χ2n) is 5.88. The maximum absolute atomic E-state index is 13.9. The predicted octanol–water partition coefficient (Wildman–Crippen LogP) is 4.24. The molecule has 0 fully saturated rings. The summed E-state index contributed by atoms with van der Waals surface area (Å²) in [6, 6.07) is 13.1. The van der Waals surface area contributed by atoms with Gasteiger partial charge in [-0.05, 0) is 47.7 Å². The van der Waals surface area contributed by atoms with Gasteiger partial charge in [-0.25, -0.2) is 4.39 Å². The number of halogens is 1. The van der Waals surface area contributed by atoms with E-state index in [0.29, 0.717) is 24.4 Å². The predicted molar refractivity (Wildman–Crippen MR) is 89.0 cm³/mol. The minimum absolute atomic E-state index is 0.0329. The Morgan fingerprint density at radius 2 is 1.86 bits per heavy atom. The van der Waals surface area contributed by atoms with Crippen LogP contribution in [0.15, 0.2) is 42.5 Å². The van der Waals surface area contributed by atoms with Crippen LogP contribution in [0, 0.1) is 5.82 Å². The molecule has 0 radical (unpaired) electrons. The third-order valence-electron chi connectivity index (χ3n) is 4.07. The first kappa shape index (κ1) is 16.5. The first-order chi connectivity index (χ1) is 10.6. The first-order valence-corrected chi connectivity index (χ1v) is 7.68. The second-order valence-corrected chi connectivity index (χ2v) is 5.88. The van der Waals surface area contributed by atoms with Gasteiger partial charge in [0.05, 0.1) is 7.11 Å². The highest BCUT2D eigenvalue weighted by molar-refractivity contribution is 5.42. The molecule has 0 aromatic heterocycles. The quantitative estimate of drug-likeness (QED) is 0.866. The minimum atomic E-state index is -0.181. The number of methoxy groups -OCH3 is 1. The van der Waals surface area contributed by atoms with E-state index in [0.717, 1.165) is 11.3 Å². The summed E-state index contributed by atoms with van der Waals surface area (Å²) < 4.78 is 19.4. The van der Waals surface area contributed by atoms with Crippen LogP contribution < -0.4 is 10.5 Å². The molecule has 22 heavy (non-hydrogen) atoms. The lowest BCUT2D eigenvalue weighted by Gasteiger charge is -2.20. The highest BCUT2D eigenvalue weighted by Gasteiger charge is 2.18. The molecule has 0 saturated heterocycles. The molecule has 0 aliphatic heterocycles. The molecule has 0 heterocycles. The Kier molecular flexibility index (Phi) is 5.56. The summed E-state index contributed by atoms with van der Waals surface area (Å²) in [5, 5.41) is 0. The van der Waals surface area contributed by atoms with Crippen LogP contribution in [0.2, 0.25) is 0 Å².